The van der Waals surface area contributed by atoms with Crippen LogP contribution in [0.5, 0.6) is 0 Å². The van der Waals surface area contributed by atoms with E-state index in [0.717, 1.165) is 38.7 Å². The Morgan fingerprint density at radius 2 is 1.96 bits per heavy atom. The number of rotatable bonds is 4. The standard InChI is InChI=1S/C17H27N3O4/c1-17(2,11-19-5-7-22-8-6-19)16-18-3-4-20(16)12-9-23-15-13(21)10-24-14(12)15/h3-4,12-15,21H,5-11H2,1-2H3/t12-,13-,14-,15-/m1/s1. The Morgan fingerprint density at radius 1 is 1.21 bits per heavy atom. The Kier molecular flexibility index (Phi) is 4.38. The Labute approximate surface area is 142 Å². The predicted molar refractivity (Wildman–Crippen MR) is 87.0 cm³/mol. The quantitative estimate of drug-likeness (QED) is 0.846. The topological polar surface area (TPSA) is 69.0 Å². The molecule has 134 valence electrons. The van der Waals surface area contributed by atoms with Gasteiger partial charge in [0.2, 0.25) is 0 Å². The summed E-state index contributed by atoms with van der Waals surface area (Å²) in [7, 11) is 0. The summed E-state index contributed by atoms with van der Waals surface area (Å²) in [5.41, 5.74) is -0.0872. The van der Waals surface area contributed by atoms with E-state index in [-0.39, 0.29) is 23.7 Å². The van der Waals surface area contributed by atoms with Crippen molar-refractivity contribution >= 4 is 0 Å². The zero-order valence-corrected chi connectivity index (χ0v) is 14.4. The van der Waals surface area contributed by atoms with E-state index in [1.54, 1.807) is 0 Å². The fourth-order valence-corrected chi connectivity index (χ4v) is 4.19. The number of hydrogen-bond acceptors (Lipinski definition) is 6. The van der Waals surface area contributed by atoms with Gasteiger partial charge in [-0.3, -0.25) is 4.90 Å². The van der Waals surface area contributed by atoms with Crippen molar-refractivity contribution in [3.8, 4) is 0 Å². The summed E-state index contributed by atoms with van der Waals surface area (Å²) in [4.78, 5) is 7.10. The normalized spacial score (nSPS) is 34.6. The molecule has 3 aliphatic heterocycles. The van der Waals surface area contributed by atoms with Crippen molar-refractivity contribution in [3.05, 3.63) is 18.2 Å². The summed E-state index contributed by atoms with van der Waals surface area (Å²) in [6.07, 6.45) is 3.05. The van der Waals surface area contributed by atoms with Crippen molar-refractivity contribution in [2.75, 3.05) is 46.1 Å². The third-order valence-corrected chi connectivity index (χ3v) is 5.36. The van der Waals surface area contributed by atoms with E-state index in [4.69, 9.17) is 14.2 Å². The van der Waals surface area contributed by atoms with Crippen LogP contribution in [0.15, 0.2) is 12.4 Å². The summed E-state index contributed by atoms with van der Waals surface area (Å²) < 4.78 is 19.2. The molecule has 4 heterocycles. The third-order valence-electron chi connectivity index (χ3n) is 5.36. The Morgan fingerprint density at radius 3 is 2.75 bits per heavy atom. The largest absolute Gasteiger partial charge is 0.388 e. The molecule has 3 fully saturated rings. The smallest absolute Gasteiger partial charge is 0.116 e. The molecule has 1 aromatic rings. The minimum Gasteiger partial charge on any atom is -0.388 e. The van der Waals surface area contributed by atoms with Crippen molar-refractivity contribution in [2.24, 2.45) is 0 Å². The number of morpholine rings is 1. The van der Waals surface area contributed by atoms with E-state index < -0.39 is 6.10 Å². The summed E-state index contributed by atoms with van der Waals surface area (Å²) in [5.74, 6) is 1.05. The van der Waals surface area contributed by atoms with Crippen molar-refractivity contribution in [1.29, 1.82) is 0 Å². The van der Waals surface area contributed by atoms with Crippen LogP contribution >= 0.6 is 0 Å². The van der Waals surface area contributed by atoms with Gasteiger partial charge in [0.15, 0.2) is 0 Å². The Balaban J connectivity index is 1.53. The molecular formula is C17H27N3O4. The second kappa shape index (κ2) is 6.38. The second-order valence-electron chi connectivity index (χ2n) is 7.66. The average Bonchev–Trinajstić information content (AvgIpc) is 3.25. The van der Waals surface area contributed by atoms with Gasteiger partial charge in [0.25, 0.3) is 0 Å². The third kappa shape index (κ3) is 2.88. The van der Waals surface area contributed by atoms with Crippen LogP contribution in [0.3, 0.4) is 0 Å². The molecule has 1 aromatic heterocycles. The number of aliphatic hydroxyl groups is 1. The molecule has 0 unspecified atom stereocenters. The van der Waals surface area contributed by atoms with Crippen LogP contribution in [-0.2, 0) is 19.6 Å². The number of aliphatic hydroxyl groups excluding tert-OH is 1. The number of nitrogens with zero attached hydrogens (tertiary/aromatic N) is 3. The number of ether oxygens (including phenoxy) is 3. The van der Waals surface area contributed by atoms with Gasteiger partial charge < -0.3 is 23.9 Å². The molecule has 0 bridgehead atoms. The molecule has 0 amide bonds. The highest BCUT2D eigenvalue weighted by Crippen LogP contribution is 2.36. The monoisotopic (exact) mass is 337 g/mol. The molecular weight excluding hydrogens is 310 g/mol. The first kappa shape index (κ1) is 16.5. The zero-order chi connectivity index (χ0) is 16.7. The van der Waals surface area contributed by atoms with Gasteiger partial charge in [-0.25, -0.2) is 4.98 Å². The molecule has 1 N–H and O–H groups in total. The minimum atomic E-state index is -0.520. The molecule has 0 aliphatic carbocycles. The van der Waals surface area contributed by atoms with Crippen LogP contribution in [0, 0.1) is 0 Å². The molecule has 0 saturated carbocycles. The summed E-state index contributed by atoms with van der Waals surface area (Å²) in [6, 6.07) is 0.0774. The lowest BCUT2D eigenvalue weighted by molar-refractivity contribution is 0.0168. The number of fused-ring (bicyclic) bond motifs is 1. The van der Waals surface area contributed by atoms with Gasteiger partial charge in [-0.15, -0.1) is 0 Å². The van der Waals surface area contributed by atoms with Gasteiger partial charge in [0, 0.05) is 37.4 Å². The highest BCUT2D eigenvalue weighted by Gasteiger charge is 2.48. The van der Waals surface area contributed by atoms with E-state index in [2.05, 4.69) is 28.3 Å². The molecule has 3 aliphatic rings. The van der Waals surface area contributed by atoms with Gasteiger partial charge in [-0.2, -0.15) is 0 Å². The molecule has 7 nitrogen and oxygen atoms in total. The van der Waals surface area contributed by atoms with Crippen LogP contribution in [0.25, 0.3) is 0 Å². The molecule has 3 saturated heterocycles. The first-order valence-electron chi connectivity index (χ1n) is 8.81. The van der Waals surface area contributed by atoms with E-state index in [0.29, 0.717) is 13.2 Å². The van der Waals surface area contributed by atoms with Crippen molar-refractivity contribution in [1.82, 2.24) is 14.5 Å². The van der Waals surface area contributed by atoms with Crippen molar-refractivity contribution in [3.63, 3.8) is 0 Å². The minimum absolute atomic E-state index is 0.0774. The maximum Gasteiger partial charge on any atom is 0.116 e. The lowest BCUT2D eigenvalue weighted by Gasteiger charge is -2.35. The second-order valence-corrected chi connectivity index (χ2v) is 7.66. The van der Waals surface area contributed by atoms with E-state index in [1.165, 1.54) is 0 Å². The predicted octanol–water partition coefficient (Wildman–Crippen LogP) is 0.193. The highest BCUT2D eigenvalue weighted by atomic mass is 16.6. The fourth-order valence-electron chi connectivity index (χ4n) is 4.19. The van der Waals surface area contributed by atoms with E-state index >= 15 is 0 Å². The maximum absolute atomic E-state index is 9.97. The van der Waals surface area contributed by atoms with Crippen molar-refractivity contribution in [2.45, 2.75) is 43.6 Å². The van der Waals surface area contributed by atoms with Crippen molar-refractivity contribution < 1.29 is 19.3 Å². The molecule has 0 spiro atoms. The van der Waals surface area contributed by atoms with Gasteiger partial charge in [0.1, 0.15) is 24.1 Å². The first-order chi connectivity index (χ1) is 11.6. The molecule has 0 radical (unpaired) electrons. The average molecular weight is 337 g/mol. The van der Waals surface area contributed by atoms with Gasteiger partial charge >= 0.3 is 0 Å². The molecule has 0 aromatic carbocycles. The summed E-state index contributed by atoms with van der Waals surface area (Å²) in [6.45, 7) is 9.87. The number of imidazole rings is 1. The summed E-state index contributed by atoms with van der Waals surface area (Å²) >= 11 is 0. The van der Waals surface area contributed by atoms with Crippen LogP contribution in [0.1, 0.15) is 25.7 Å². The molecule has 4 atom stereocenters. The Hall–Kier alpha value is -0.990. The summed E-state index contributed by atoms with van der Waals surface area (Å²) in [5, 5.41) is 9.97. The van der Waals surface area contributed by atoms with Crippen LogP contribution in [-0.4, -0.2) is 83.9 Å². The molecule has 24 heavy (non-hydrogen) atoms. The van der Waals surface area contributed by atoms with E-state index in [9.17, 15) is 5.11 Å². The maximum atomic E-state index is 9.97. The lowest BCUT2D eigenvalue weighted by atomic mass is 9.90. The molecule has 4 rings (SSSR count). The van der Waals surface area contributed by atoms with Crippen LogP contribution in [0.2, 0.25) is 0 Å². The SMILES string of the molecule is CC(C)(CN1CCOCC1)c1nccn1[C@@H]1CO[C@H]2[C@@H]1OC[C@H]2O. The Bertz CT molecular complexity index is 570. The van der Waals surface area contributed by atoms with Crippen LogP contribution in [0.4, 0.5) is 0 Å². The van der Waals surface area contributed by atoms with Gasteiger partial charge in [0.05, 0.1) is 32.5 Å². The van der Waals surface area contributed by atoms with Crippen LogP contribution < -0.4 is 0 Å². The number of hydrogen-bond donors (Lipinski definition) is 1. The number of aromatic nitrogens is 2. The first-order valence-corrected chi connectivity index (χ1v) is 8.81. The molecule has 7 heteroatoms. The van der Waals surface area contributed by atoms with Gasteiger partial charge in [-0.1, -0.05) is 13.8 Å². The fraction of sp³-hybridized carbons (Fsp3) is 0.824. The highest BCUT2D eigenvalue weighted by molar-refractivity contribution is 5.12. The van der Waals surface area contributed by atoms with E-state index in [1.807, 2.05) is 12.4 Å². The zero-order valence-electron chi connectivity index (χ0n) is 14.4. The van der Waals surface area contributed by atoms with Gasteiger partial charge in [-0.05, 0) is 0 Å². The lowest BCUT2D eigenvalue weighted by Crippen LogP contribution is -2.45.